The normalized spacial score (nSPS) is 12.2. The highest BCUT2D eigenvalue weighted by atomic mass is 16.3. The maximum atomic E-state index is 6.47. The van der Waals surface area contributed by atoms with E-state index in [4.69, 9.17) is 58.7 Å². The van der Waals surface area contributed by atoms with Gasteiger partial charge in [-0.1, -0.05) is 317 Å². The summed E-state index contributed by atoms with van der Waals surface area (Å²) in [5.41, 5.74) is 26.8. The molecule has 0 bridgehead atoms. The second-order valence-corrected chi connectivity index (χ2v) is 34.1. The molecular weight excluding hydrogens is 1640 g/mol. The molecule has 1 aliphatic rings. The summed E-state index contributed by atoms with van der Waals surface area (Å²) in [5, 5.41) is 11.4. The summed E-state index contributed by atoms with van der Waals surface area (Å²) in [6, 6.07) is 146. The molecule has 0 N–H and O–H groups in total. The Morgan fingerprint density at radius 2 is 0.612 bits per heavy atom. The zero-order valence-corrected chi connectivity index (χ0v) is 72.6. The molecule has 0 atom stereocenters. The van der Waals surface area contributed by atoms with Crippen molar-refractivity contribution in [2.45, 2.75) is 19.3 Å². The minimum Gasteiger partial charge on any atom is -0.455 e. The zero-order chi connectivity index (χ0) is 88.9. The van der Waals surface area contributed by atoms with Gasteiger partial charge in [-0.05, 0) is 144 Å². The molecule has 15 nitrogen and oxygen atoms in total. The molecular formula is C119H77N13O2. The van der Waals surface area contributed by atoms with Crippen molar-refractivity contribution in [2.75, 3.05) is 0 Å². The highest BCUT2D eigenvalue weighted by Crippen LogP contribution is 2.52. The Balaban J connectivity index is 0.000000108. The zero-order valence-electron chi connectivity index (χ0n) is 72.6. The molecule has 134 heavy (non-hydrogen) atoms. The van der Waals surface area contributed by atoms with Crippen molar-refractivity contribution in [1.29, 1.82) is 0 Å². The first-order valence-electron chi connectivity index (χ1n) is 44.8. The molecule has 0 amide bonds. The molecule has 27 rings (SSSR count). The molecule has 16 aromatic carbocycles. The molecule has 0 spiro atoms. The van der Waals surface area contributed by atoms with Crippen LogP contribution in [0.3, 0.4) is 0 Å². The molecule has 0 radical (unpaired) electrons. The number of furan rings is 2. The van der Waals surface area contributed by atoms with Gasteiger partial charge in [-0.25, -0.2) is 49.8 Å². The van der Waals surface area contributed by atoms with Crippen molar-refractivity contribution in [3.8, 4) is 131 Å². The minimum absolute atomic E-state index is 0.0666. The summed E-state index contributed by atoms with van der Waals surface area (Å²) in [6.45, 7) is 4.69. The van der Waals surface area contributed by atoms with E-state index in [0.717, 1.165) is 161 Å². The Hall–Kier alpha value is -18.1. The molecule has 630 valence electrons. The van der Waals surface area contributed by atoms with E-state index in [1.54, 1.807) is 0 Å². The van der Waals surface area contributed by atoms with Gasteiger partial charge in [-0.15, -0.1) is 0 Å². The van der Waals surface area contributed by atoms with E-state index >= 15 is 0 Å². The second kappa shape index (κ2) is 32.3. The fraction of sp³-hybridized carbons (Fsp3) is 0.0252. The second-order valence-electron chi connectivity index (χ2n) is 34.1. The molecule has 10 heterocycles. The van der Waals surface area contributed by atoms with Gasteiger partial charge in [0.05, 0.1) is 55.3 Å². The third-order valence-electron chi connectivity index (χ3n) is 25.8. The predicted molar refractivity (Wildman–Crippen MR) is 541 cm³/mol. The van der Waals surface area contributed by atoms with Crippen molar-refractivity contribution < 1.29 is 8.83 Å². The molecule has 0 unspecified atom stereocenters. The Bertz CT molecular complexity index is 8900. The lowest BCUT2D eigenvalue weighted by Gasteiger charge is -2.21. The van der Waals surface area contributed by atoms with Crippen LogP contribution >= 0.6 is 0 Å². The van der Waals surface area contributed by atoms with Crippen LogP contribution in [0, 0.1) is 0 Å². The summed E-state index contributed by atoms with van der Waals surface area (Å²) >= 11 is 0. The molecule has 0 saturated heterocycles. The van der Waals surface area contributed by atoms with Crippen molar-refractivity contribution >= 4 is 109 Å². The lowest BCUT2D eigenvalue weighted by atomic mass is 9.82. The first-order chi connectivity index (χ1) is 66.2. The number of nitrogens with zero attached hydrogens (tertiary/aromatic N) is 13. The van der Waals surface area contributed by atoms with E-state index < -0.39 is 0 Å². The highest BCUT2D eigenvalue weighted by Gasteiger charge is 2.37. The van der Waals surface area contributed by atoms with Crippen LogP contribution in [0.15, 0.2) is 440 Å². The maximum absolute atomic E-state index is 6.47. The van der Waals surface area contributed by atoms with Gasteiger partial charge in [-0.3, -0.25) is 9.13 Å². The smallest absolute Gasteiger partial charge is 0.182 e. The van der Waals surface area contributed by atoms with Crippen LogP contribution in [-0.2, 0) is 5.41 Å². The van der Waals surface area contributed by atoms with Crippen LogP contribution in [0.4, 0.5) is 0 Å². The Kier molecular flexibility index (Phi) is 18.8. The molecule has 26 aromatic rings. The SMILES string of the molecule is CC1(C)c2ccccc2-c2cc3c4ccccc4n(-c4ccc(-c5nc(-c6ccccc6)cc(-c6ccccc6)n5)cc4)c3cc21.c1ccc(-c2nc(-c3ccccc3)nc(-c3ccc(-n4c5ccccc5c5c6oc7ccccc7c6ccc54)nc3)n2)cc1.c1ccc(-c2nc(-c3ccccc3)nc(-c3cccc(-n4c5ccccc5c5c6oc7ccccc7c6ccc54)n3)n2)cc1. The topological polar surface area (TPSA) is 170 Å². The monoisotopic (exact) mass is 1720 g/mol. The average Bonchev–Trinajstić information content (AvgIpc) is 1.55. The van der Waals surface area contributed by atoms with E-state index in [0.29, 0.717) is 46.5 Å². The maximum Gasteiger partial charge on any atom is 0.182 e. The van der Waals surface area contributed by atoms with Gasteiger partial charge in [0.1, 0.15) is 39.7 Å². The number of pyridine rings is 2. The van der Waals surface area contributed by atoms with Gasteiger partial charge in [0.15, 0.2) is 40.8 Å². The number of hydrogen-bond acceptors (Lipinski definition) is 12. The van der Waals surface area contributed by atoms with Crippen LogP contribution in [-0.4, -0.2) is 63.5 Å². The molecule has 0 saturated carbocycles. The van der Waals surface area contributed by atoms with Crippen molar-refractivity contribution in [3.05, 3.63) is 442 Å². The van der Waals surface area contributed by atoms with Crippen LogP contribution < -0.4 is 0 Å². The molecule has 10 aromatic heterocycles. The fourth-order valence-corrected chi connectivity index (χ4v) is 19.4. The summed E-state index contributed by atoms with van der Waals surface area (Å²) in [7, 11) is 0. The predicted octanol–water partition coefficient (Wildman–Crippen LogP) is 29.4. The van der Waals surface area contributed by atoms with E-state index in [9.17, 15) is 0 Å². The number of aromatic nitrogens is 13. The van der Waals surface area contributed by atoms with E-state index in [2.05, 4.69) is 252 Å². The average molecular weight is 1720 g/mol. The third-order valence-corrected chi connectivity index (χ3v) is 25.8. The van der Waals surface area contributed by atoms with Gasteiger partial charge in [0, 0.05) is 105 Å². The number of hydrogen-bond donors (Lipinski definition) is 0. The lowest BCUT2D eigenvalue weighted by Crippen LogP contribution is -2.14. The molecule has 15 heteroatoms. The number of fused-ring (bicyclic) bond motifs is 20. The number of rotatable bonds is 12. The largest absolute Gasteiger partial charge is 0.455 e. The van der Waals surface area contributed by atoms with Gasteiger partial charge in [0.25, 0.3) is 0 Å². The van der Waals surface area contributed by atoms with Crippen molar-refractivity contribution in [1.82, 2.24) is 63.5 Å². The van der Waals surface area contributed by atoms with Gasteiger partial charge < -0.3 is 13.4 Å². The van der Waals surface area contributed by atoms with E-state index in [1.165, 1.54) is 44.1 Å². The van der Waals surface area contributed by atoms with Gasteiger partial charge in [0.2, 0.25) is 0 Å². The summed E-state index contributed by atoms with van der Waals surface area (Å²) in [4.78, 5) is 49.4. The minimum atomic E-state index is -0.0666. The fourth-order valence-electron chi connectivity index (χ4n) is 19.4. The van der Waals surface area contributed by atoms with Crippen LogP contribution in [0.5, 0.6) is 0 Å². The van der Waals surface area contributed by atoms with Crippen molar-refractivity contribution in [2.24, 2.45) is 0 Å². The van der Waals surface area contributed by atoms with Crippen molar-refractivity contribution in [3.63, 3.8) is 0 Å². The molecule has 0 aliphatic heterocycles. The third kappa shape index (κ3) is 13.5. The Labute approximate surface area is 768 Å². The first-order valence-corrected chi connectivity index (χ1v) is 44.8. The van der Waals surface area contributed by atoms with Crippen LogP contribution in [0.1, 0.15) is 25.0 Å². The lowest BCUT2D eigenvalue weighted by molar-refractivity contribution is 0.661. The summed E-state index contributed by atoms with van der Waals surface area (Å²) in [5.74, 6) is 5.82. The van der Waals surface area contributed by atoms with E-state index in [1.807, 2.05) is 206 Å². The Morgan fingerprint density at radius 1 is 0.216 bits per heavy atom. The number of para-hydroxylation sites is 5. The van der Waals surface area contributed by atoms with Gasteiger partial charge in [-0.2, -0.15) is 0 Å². The van der Waals surface area contributed by atoms with E-state index in [-0.39, 0.29) is 5.41 Å². The number of benzene rings is 16. The summed E-state index contributed by atoms with van der Waals surface area (Å²) < 4.78 is 19.7. The standard InChI is InChI=1S/C43H31N3.2C38H23N5O/c1-43(2)36-19-11-9-17-32(36)34-25-35-33-18-10-12-20-40(33)46(41(35)26-37(34)43)31-23-21-30(22-24-31)42-44-38(28-13-5-3-6-14-28)27-39(45-42)29-15-7-4-8-16-29;1-3-12-24(13-4-1)36-40-37(25-14-5-2-6-15-25)42-38(41-36)29-18-11-21-33(39-29)43-30-19-9-7-17-28(30)34-31(43)23-22-27-26-16-8-10-20-32(26)44-35(27)34;1-3-11-24(12-4-1)36-40-37(25-13-5-2-6-14-25)42-38(41-36)26-19-22-33(39-23-26)43-30-17-9-7-16-29(30)34-31(43)21-20-28-27-15-8-10-18-32(27)44-35(28)34/h3-27H,1-2H3;2*1-23H. The Morgan fingerprint density at radius 3 is 1.10 bits per heavy atom. The quantitative estimate of drug-likeness (QED) is 0.114. The highest BCUT2D eigenvalue weighted by molar-refractivity contribution is 6.25. The first kappa shape index (κ1) is 78.2. The van der Waals surface area contributed by atoms with Crippen LogP contribution in [0.2, 0.25) is 0 Å². The summed E-state index contributed by atoms with van der Waals surface area (Å²) in [6.07, 6.45) is 1.84. The van der Waals surface area contributed by atoms with Gasteiger partial charge >= 0.3 is 0 Å². The molecule has 1 aliphatic carbocycles. The van der Waals surface area contributed by atoms with Crippen LogP contribution in [0.25, 0.3) is 240 Å². The molecule has 0 fully saturated rings.